The Morgan fingerprint density at radius 2 is 2.15 bits per heavy atom. The molecule has 0 aromatic carbocycles. The molecule has 1 saturated carbocycles. The molecule has 1 aliphatic carbocycles. The van der Waals surface area contributed by atoms with Crippen molar-refractivity contribution in [2.45, 2.75) is 26.2 Å². The molecule has 1 heterocycles. The van der Waals surface area contributed by atoms with Gasteiger partial charge in [0.15, 0.2) is 0 Å². The first-order valence-electron chi connectivity index (χ1n) is 6.97. The maximum absolute atomic E-state index is 12.1. The standard InChI is InChI=1S/C15H20N2O3/c1-10-7-12(13(8-10)15(19)20)14(18)17-6-4-11-3-2-5-16-9-11/h2-3,5,9-10,12-13H,4,6-8H2,1H3,(H,17,18)(H,19,20)/t10?,12-,13+/m0/s1. The fourth-order valence-corrected chi connectivity index (χ4v) is 2.86. The normalized spacial score (nSPS) is 25.4. The van der Waals surface area contributed by atoms with E-state index in [-0.39, 0.29) is 5.91 Å². The highest BCUT2D eigenvalue weighted by Crippen LogP contribution is 2.36. The SMILES string of the molecule is CC1C[C@H](C(=O)NCCc2cccnc2)[C@H](C(=O)O)C1. The third kappa shape index (κ3) is 3.56. The zero-order chi connectivity index (χ0) is 14.5. The van der Waals surface area contributed by atoms with Crippen molar-refractivity contribution in [2.24, 2.45) is 17.8 Å². The molecule has 1 fully saturated rings. The lowest BCUT2D eigenvalue weighted by Gasteiger charge is -2.15. The van der Waals surface area contributed by atoms with Gasteiger partial charge in [-0.1, -0.05) is 13.0 Å². The lowest BCUT2D eigenvalue weighted by atomic mass is 9.95. The fourth-order valence-electron chi connectivity index (χ4n) is 2.86. The number of pyridine rings is 1. The minimum atomic E-state index is -0.859. The van der Waals surface area contributed by atoms with Crippen LogP contribution in [0, 0.1) is 17.8 Å². The minimum absolute atomic E-state index is 0.134. The largest absolute Gasteiger partial charge is 0.481 e. The second-order valence-corrected chi connectivity index (χ2v) is 5.53. The summed E-state index contributed by atoms with van der Waals surface area (Å²) in [4.78, 5) is 27.3. The lowest BCUT2D eigenvalue weighted by Crippen LogP contribution is -2.36. The van der Waals surface area contributed by atoms with Crippen LogP contribution < -0.4 is 5.32 Å². The summed E-state index contributed by atoms with van der Waals surface area (Å²) in [6.45, 7) is 2.51. The highest BCUT2D eigenvalue weighted by atomic mass is 16.4. The Balaban J connectivity index is 1.84. The molecular weight excluding hydrogens is 256 g/mol. The zero-order valence-electron chi connectivity index (χ0n) is 11.6. The van der Waals surface area contributed by atoms with Crippen LogP contribution in [0.3, 0.4) is 0 Å². The molecule has 1 unspecified atom stereocenters. The van der Waals surface area contributed by atoms with Crippen LogP contribution in [-0.4, -0.2) is 28.5 Å². The quantitative estimate of drug-likeness (QED) is 0.854. The molecular formula is C15H20N2O3. The Hall–Kier alpha value is -1.91. The van der Waals surface area contributed by atoms with E-state index in [1.807, 2.05) is 19.1 Å². The van der Waals surface area contributed by atoms with Gasteiger partial charge < -0.3 is 10.4 Å². The maximum atomic E-state index is 12.1. The predicted octanol–water partition coefficient (Wildman–Crippen LogP) is 1.49. The topological polar surface area (TPSA) is 79.3 Å². The number of rotatable bonds is 5. The van der Waals surface area contributed by atoms with E-state index in [9.17, 15) is 9.59 Å². The molecule has 5 nitrogen and oxygen atoms in total. The van der Waals surface area contributed by atoms with E-state index in [0.29, 0.717) is 31.7 Å². The summed E-state index contributed by atoms with van der Waals surface area (Å²) in [5.41, 5.74) is 1.06. The number of aliphatic carboxylic acids is 1. The van der Waals surface area contributed by atoms with E-state index in [2.05, 4.69) is 10.3 Å². The molecule has 0 bridgehead atoms. The molecule has 1 amide bonds. The number of nitrogens with zero attached hydrogens (tertiary/aromatic N) is 1. The van der Waals surface area contributed by atoms with Crippen LogP contribution in [0.15, 0.2) is 24.5 Å². The number of aromatic nitrogens is 1. The number of carbonyl (C=O) groups excluding carboxylic acids is 1. The first kappa shape index (κ1) is 14.5. The maximum Gasteiger partial charge on any atom is 0.307 e. The number of amides is 1. The molecule has 1 aliphatic rings. The van der Waals surface area contributed by atoms with Crippen LogP contribution in [-0.2, 0) is 16.0 Å². The Bertz CT molecular complexity index is 475. The second-order valence-electron chi connectivity index (χ2n) is 5.53. The van der Waals surface area contributed by atoms with E-state index in [1.165, 1.54) is 0 Å². The molecule has 3 atom stereocenters. The monoisotopic (exact) mass is 276 g/mol. The average molecular weight is 276 g/mol. The van der Waals surface area contributed by atoms with Gasteiger partial charge in [-0.05, 0) is 36.8 Å². The van der Waals surface area contributed by atoms with Crippen molar-refractivity contribution >= 4 is 11.9 Å². The minimum Gasteiger partial charge on any atom is -0.481 e. The van der Waals surface area contributed by atoms with Crippen LogP contribution in [0.4, 0.5) is 0 Å². The molecule has 108 valence electrons. The van der Waals surface area contributed by atoms with Crippen molar-refractivity contribution in [1.29, 1.82) is 0 Å². The van der Waals surface area contributed by atoms with Crippen LogP contribution in [0.2, 0.25) is 0 Å². The molecule has 1 aromatic heterocycles. The van der Waals surface area contributed by atoms with Crippen LogP contribution in [0.5, 0.6) is 0 Å². The van der Waals surface area contributed by atoms with Crippen LogP contribution in [0.1, 0.15) is 25.3 Å². The number of carboxylic acids is 1. The Labute approximate surface area is 118 Å². The predicted molar refractivity (Wildman–Crippen MR) is 74.0 cm³/mol. The van der Waals surface area contributed by atoms with Gasteiger partial charge in [-0.3, -0.25) is 14.6 Å². The number of hydrogen-bond acceptors (Lipinski definition) is 3. The molecule has 0 spiro atoms. The summed E-state index contributed by atoms with van der Waals surface area (Å²) in [5, 5.41) is 12.0. The number of carbonyl (C=O) groups is 2. The van der Waals surface area contributed by atoms with Gasteiger partial charge >= 0.3 is 5.97 Å². The van der Waals surface area contributed by atoms with Crippen molar-refractivity contribution < 1.29 is 14.7 Å². The third-order valence-corrected chi connectivity index (χ3v) is 3.89. The van der Waals surface area contributed by atoms with Gasteiger partial charge in [0.05, 0.1) is 11.8 Å². The Morgan fingerprint density at radius 1 is 1.40 bits per heavy atom. The third-order valence-electron chi connectivity index (χ3n) is 3.89. The van der Waals surface area contributed by atoms with Gasteiger partial charge in [-0.15, -0.1) is 0 Å². The van der Waals surface area contributed by atoms with E-state index in [4.69, 9.17) is 5.11 Å². The summed E-state index contributed by atoms with van der Waals surface area (Å²) < 4.78 is 0. The molecule has 0 radical (unpaired) electrons. The Morgan fingerprint density at radius 3 is 2.80 bits per heavy atom. The molecule has 2 rings (SSSR count). The molecule has 20 heavy (non-hydrogen) atoms. The van der Waals surface area contributed by atoms with Gasteiger partial charge in [-0.2, -0.15) is 0 Å². The van der Waals surface area contributed by atoms with Crippen LogP contribution in [0.25, 0.3) is 0 Å². The highest BCUT2D eigenvalue weighted by molar-refractivity contribution is 5.85. The second kappa shape index (κ2) is 6.50. The first-order valence-corrected chi connectivity index (χ1v) is 6.97. The van der Waals surface area contributed by atoms with E-state index >= 15 is 0 Å². The summed E-state index contributed by atoms with van der Waals surface area (Å²) in [5.74, 6) is -1.63. The fraction of sp³-hybridized carbons (Fsp3) is 0.533. The summed E-state index contributed by atoms with van der Waals surface area (Å²) in [6, 6.07) is 3.81. The van der Waals surface area contributed by atoms with E-state index < -0.39 is 17.8 Å². The van der Waals surface area contributed by atoms with Crippen molar-refractivity contribution in [3.8, 4) is 0 Å². The smallest absolute Gasteiger partial charge is 0.307 e. The molecule has 0 saturated heterocycles. The number of nitrogens with one attached hydrogen (secondary N) is 1. The van der Waals surface area contributed by atoms with Crippen molar-refractivity contribution in [1.82, 2.24) is 10.3 Å². The lowest BCUT2D eigenvalue weighted by molar-refractivity contribution is -0.146. The molecule has 2 N–H and O–H groups in total. The summed E-state index contributed by atoms with van der Waals surface area (Å²) in [7, 11) is 0. The van der Waals surface area contributed by atoms with Gasteiger partial charge in [0.1, 0.15) is 0 Å². The first-order chi connectivity index (χ1) is 9.58. The number of carboxylic acid groups (broad SMARTS) is 1. The average Bonchev–Trinajstić information content (AvgIpc) is 2.82. The summed E-state index contributed by atoms with van der Waals surface area (Å²) in [6.07, 6.45) is 5.44. The van der Waals surface area contributed by atoms with Crippen LogP contribution >= 0.6 is 0 Å². The summed E-state index contributed by atoms with van der Waals surface area (Å²) >= 11 is 0. The van der Waals surface area contributed by atoms with Gasteiger partial charge in [0.25, 0.3) is 0 Å². The van der Waals surface area contributed by atoms with E-state index in [0.717, 1.165) is 5.56 Å². The van der Waals surface area contributed by atoms with Crippen molar-refractivity contribution in [2.75, 3.05) is 6.54 Å². The molecule has 0 aliphatic heterocycles. The van der Waals surface area contributed by atoms with Crippen molar-refractivity contribution in [3.05, 3.63) is 30.1 Å². The van der Waals surface area contributed by atoms with E-state index in [1.54, 1.807) is 12.4 Å². The van der Waals surface area contributed by atoms with Gasteiger partial charge in [0, 0.05) is 18.9 Å². The van der Waals surface area contributed by atoms with Gasteiger partial charge in [0.2, 0.25) is 5.91 Å². The van der Waals surface area contributed by atoms with Gasteiger partial charge in [-0.25, -0.2) is 0 Å². The zero-order valence-corrected chi connectivity index (χ0v) is 11.6. The highest BCUT2D eigenvalue weighted by Gasteiger charge is 2.40. The molecule has 5 heteroatoms. The number of hydrogen-bond donors (Lipinski definition) is 2. The van der Waals surface area contributed by atoms with Crippen molar-refractivity contribution in [3.63, 3.8) is 0 Å². The Kier molecular flexibility index (Phi) is 4.71. The molecule has 1 aromatic rings.